The Kier molecular flexibility index (Phi) is 37.2. The minimum Gasteiger partial charge on any atom is -0.283 e. The van der Waals surface area contributed by atoms with E-state index in [1.165, 1.54) is 137 Å². The van der Waals surface area contributed by atoms with E-state index in [1.54, 1.807) is 0 Å². The molecule has 0 N–H and O–H groups in total. The van der Waals surface area contributed by atoms with Gasteiger partial charge in [-0.15, -0.1) is 0 Å². The van der Waals surface area contributed by atoms with Crippen LogP contribution in [0.4, 0.5) is 0 Å². The van der Waals surface area contributed by atoms with Gasteiger partial charge in [0.25, 0.3) is 0 Å². The minimum atomic E-state index is 0.0467. The maximum Gasteiger partial charge on any atom is 0.229 e. The number of imide groups is 3. The highest BCUT2D eigenvalue weighted by atomic mass is 16.2. The van der Waals surface area contributed by atoms with E-state index in [0.29, 0.717) is 58.2 Å². The lowest BCUT2D eigenvalue weighted by Crippen LogP contribution is -2.36. The summed E-state index contributed by atoms with van der Waals surface area (Å²) < 4.78 is 0. The van der Waals surface area contributed by atoms with Crippen molar-refractivity contribution in [2.45, 2.75) is 278 Å². The number of nitrogens with zero attached hydrogens (tertiary/aromatic N) is 3. The van der Waals surface area contributed by atoms with Crippen LogP contribution in [0.25, 0.3) is 0 Å². The molecule has 0 spiro atoms. The van der Waals surface area contributed by atoms with Crippen LogP contribution in [0.2, 0.25) is 0 Å². The second-order valence-corrected chi connectivity index (χ2v) is 18.3. The van der Waals surface area contributed by atoms with Gasteiger partial charge in [0.2, 0.25) is 35.4 Å². The van der Waals surface area contributed by atoms with E-state index >= 15 is 0 Å². The molecule has 3 fully saturated rings. The van der Waals surface area contributed by atoms with Gasteiger partial charge in [0.15, 0.2) is 0 Å². The maximum absolute atomic E-state index is 12.1. The normalized spacial score (nSPS) is 16.2. The molecule has 0 saturated carbocycles. The fourth-order valence-electron chi connectivity index (χ4n) is 8.55. The zero-order valence-corrected chi connectivity index (χ0v) is 40.2. The molecule has 0 aromatic heterocycles. The number of carbonyl (C=O) groups is 6. The summed E-state index contributed by atoms with van der Waals surface area (Å²) in [6.45, 7) is 8.64. The summed E-state index contributed by atoms with van der Waals surface area (Å²) >= 11 is 0. The third-order valence-corrected chi connectivity index (χ3v) is 12.6. The van der Waals surface area contributed by atoms with Gasteiger partial charge in [-0.05, 0) is 57.8 Å². The summed E-state index contributed by atoms with van der Waals surface area (Å²) in [4.78, 5) is 76.1. The van der Waals surface area contributed by atoms with Crippen molar-refractivity contribution in [2.75, 3.05) is 19.6 Å². The van der Waals surface area contributed by atoms with Crippen molar-refractivity contribution in [3.8, 4) is 0 Å². The van der Waals surface area contributed by atoms with Crippen molar-refractivity contribution in [1.29, 1.82) is 0 Å². The molecule has 6 amide bonds. The van der Waals surface area contributed by atoms with Crippen molar-refractivity contribution < 1.29 is 28.8 Å². The fourth-order valence-corrected chi connectivity index (χ4v) is 8.55. The summed E-state index contributed by atoms with van der Waals surface area (Å²) in [6.07, 6.45) is 43.5. The molecule has 354 valence electrons. The molecule has 0 radical (unpaired) electrons. The van der Waals surface area contributed by atoms with Gasteiger partial charge < -0.3 is 0 Å². The molecular weight excluding hydrogens is 763 g/mol. The lowest BCUT2D eigenvalue weighted by Gasteiger charge is -2.18. The molecule has 0 aromatic rings. The average Bonchev–Trinajstić information content (AvgIpc) is 3.72. The quantitative estimate of drug-likeness (QED) is 0.0724. The zero-order valence-electron chi connectivity index (χ0n) is 40.2. The molecule has 3 heterocycles. The van der Waals surface area contributed by atoms with Crippen LogP contribution in [-0.4, -0.2) is 69.8 Å². The Morgan fingerprint density at radius 1 is 0.311 bits per heavy atom. The van der Waals surface area contributed by atoms with E-state index < -0.39 is 0 Å². The van der Waals surface area contributed by atoms with E-state index in [4.69, 9.17) is 0 Å². The zero-order chi connectivity index (χ0) is 44.6. The molecular formula is C52H95N3O6. The number of amides is 6. The topological polar surface area (TPSA) is 112 Å². The Morgan fingerprint density at radius 3 is 0.754 bits per heavy atom. The van der Waals surface area contributed by atoms with E-state index in [1.807, 2.05) is 0 Å². The molecule has 0 atom stereocenters. The summed E-state index contributed by atoms with van der Waals surface area (Å²) in [6, 6.07) is 0. The summed E-state index contributed by atoms with van der Waals surface area (Å²) in [5, 5.41) is 0. The Balaban J connectivity index is 0.000000459. The van der Waals surface area contributed by atoms with Gasteiger partial charge in [-0.2, -0.15) is 0 Å². The van der Waals surface area contributed by atoms with Crippen molar-refractivity contribution in [2.24, 2.45) is 0 Å². The molecule has 0 bridgehead atoms. The number of rotatable bonds is 28. The highest BCUT2D eigenvalue weighted by molar-refractivity contribution is 5.96. The first-order chi connectivity index (χ1) is 29.8. The van der Waals surface area contributed by atoms with Crippen LogP contribution in [0.3, 0.4) is 0 Å². The van der Waals surface area contributed by atoms with Gasteiger partial charge in [0.1, 0.15) is 0 Å². The summed E-state index contributed by atoms with van der Waals surface area (Å²) in [5.41, 5.74) is 0. The predicted molar refractivity (Wildman–Crippen MR) is 252 cm³/mol. The average molecular weight is 858 g/mol. The lowest BCUT2D eigenvalue weighted by molar-refractivity contribution is -0.146. The molecule has 61 heavy (non-hydrogen) atoms. The van der Waals surface area contributed by atoms with Crippen LogP contribution in [0.15, 0.2) is 0 Å². The highest BCUT2D eigenvalue weighted by Crippen LogP contribution is 2.18. The van der Waals surface area contributed by atoms with Crippen LogP contribution >= 0.6 is 0 Å². The van der Waals surface area contributed by atoms with Crippen molar-refractivity contribution in [1.82, 2.24) is 14.7 Å². The molecule has 3 aliphatic heterocycles. The van der Waals surface area contributed by atoms with Crippen LogP contribution < -0.4 is 0 Å². The third-order valence-electron chi connectivity index (χ3n) is 12.6. The van der Waals surface area contributed by atoms with Crippen molar-refractivity contribution in [3.63, 3.8) is 0 Å². The minimum absolute atomic E-state index is 0.0467. The van der Waals surface area contributed by atoms with E-state index in [-0.39, 0.29) is 35.4 Å². The van der Waals surface area contributed by atoms with E-state index in [9.17, 15) is 28.8 Å². The van der Waals surface area contributed by atoms with Gasteiger partial charge in [-0.25, -0.2) is 0 Å². The number of hydrogen-bond donors (Lipinski definition) is 0. The predicted octanol–water partition coefficient (Wildman–Crippen LogP) is 13.7. The largest absolute Gasteiger partial charge is 0.283 e. The second-order valence-electron chi connectivity index (χ2n) is 18.3. The SMILES string of the molecule is CCCCCCCCCC(=O)N1CCCCCC1=O.CCCCCCCCCCC(=O)N1CCCCCC1=O.CCCCCCCCCCCCC(=O)N1CCCCCC1=O. The molecule has 3 aliphatic rings. The molecule has 9 nitrogen and oxygen atoms in total. The first-order valence-corrected chi connectivity index (χ1v) is 26.3. The maximum atomic E-state index is 12.1. The van der Waals surface area contributed by atoms with Gasteiger partial charge in [0.05, 0.1) is 0 Å². The highest BCUT2D eigenvalue weighted by Gasteiger charge is 2.24. The van der Waals surface area contributed by atoms with Crippen molar-refractivity contribution >= 4 is 35.4 Å². The fraction of sp³-hybridized carbons (Fsp3) is 0.885. The standard InChI is InChI=1S/C19H35NO2.C17H31NO2.C16H29NO2/c1-2-3-4-5-6-7-8-9-10-12-15-18(21)20-17-14-11-13-16-19(20)22;1-2-3-4-5-6-7-8-10-13-16(19)18-15-12-9-11-14-17(18)20;1-2-3-4-5-6-7-9-12-15(18)17-14-11-8-10-13-16(17)19/h2-17H2,1H3;2-15H2,1H3;2-14H2,1H3. The number of likely N-dealkylation sites (tertiary alicyclic amines) is 3. The van der Waals surface area contributed by atoms with Gasteiger partial charge in [-0.3, -0.25) is 43.5 Å². The number of hydrogen-bond acceptors (Lipinski definition) is 6. The third kappa shape index (κ3) is 30.2. The van der Waals surface area contributed by atoms with E-state index in [2.05, 4.69) is 20.8 Å². The molecule has 3 rings (SSSR count). The Bertz CT molecular complexity index is 1160. The summed E-state index contributed by atoms with van der Waals surface area (Å²) in [7, 11) is 0. The number of carbonyl (C=O) groups excluding carboxylic acids is 6. The van der Waals surface area contributed by atoms with E-state index in [0.717, 1.165) is 96.3 Å². The molecule has 0 aromatic carbocycles. The van der Waals surface area contributed by atoms with Crippen LogP contribution in [0, 0.1) is 0 Å². The van der Waals surface area contributed by atoms with Crippen LogP contribution in [0.5, 0.6) is 0 Å². The van der Waals surface area contributed by atoms with Crippen molar-refractivity contribution in [3.05, 3.63) is 0 Å². The molecule has 3 saturated heterocycles. The van der Waals surface area contributed by atoms with Gasteiger partial charge in [0, 0.05) is 58.2 Å². The monoisotopic (exact) mass is 858 g/mol. The van der Waals surface area contributed by atoms with Gasteiger partial charge >= 0.3 is 0 Å². The Morgan fingerprint density at radius 2 is 0.525 bits per heavy atom. The molecule has 0 aliphatic carbocycles. The Labute approximate surface area is 375 Å². The summed E-state index contributed by atoms with van der Waals surface area (Å²) in [5.74, 6) is 0.321. The molecule has 9 heteroatoms. The smallest absolute Gasteiger partial charge is 0.229 e. The van der Waals surface area contributed by atoms with Crippen LogP contribution in [-0.2, 0) is 28.8 Å². The molecule has 0 unspecified atom stereocenters. The van der Waals surface area contributed by atoms with Crippen LogP contribution in [0.1, 0.15) is 278 Å². The second kappa shape index (κ2) is 40.2. The van der Waals surface area contributed by atoms with Gasteiger partial charge in [-0.1, -0.05) is 181 Å². The number of unbranched alkanes of at least 4 members (excludes halogenated alkanes) is 22. The Hall–Kier alpha value is -2.58. The first kappa shape index (κ1) is 56.4. The first-order valence-electron chi connectivity index (χ1n) is 26.3. The lowest BCUT2D eigenvalue weighted by atomic mass is 10.1.